The lowest BCUT2D eigenvalue weighted by molar-refractivity contribution is 0.312. The van der Waals surface area contributed by atoms with Gasteiger partial charge in [-0.3, -0.25) is 0 Å². The van der Waals surface area contributed by atoms with E-state index in [1.165, 1.54) is 12.8 Å². The Morgan fingerprint density at radius 1 is 1.38 bits per heavy atom. The molecule has 0 spiro atoms. The molecule has 0 aromatic heterocycles. The van der Waals surface area contributed by atoms with Crippen LogP contribution in [0.3, 0.4) is 0 Å². The van der Waals surface area contributed by atoms with E-state index in [4.69, 9.17) is 0 Å². The first-order chi connectivity index (χ1) is 10.0. The second-order valence-electron chi connectivity index (χ2n) is 5.47. The van der Waals surface area contributed by atoms with Gasteiger partial charge < -0.3 is 5.32 Å². The highest BCUT2D eigenvalue weighted by atomic mass is 79.9. The zero-order chi connectivity index (χ0) is 15.3. The highest BCUT2D eigenvalue weighted by molar-refractivity contribution is 9.10. The van der Waals surface area contributed by atoms with Crippen LogP contribution in [-0.2, 0) is 10.0 Å². The number of halogens is 1. The molecule has 1 fully saturated rings. The Hall–Kier alpha value is -0.430. The number of benzene rings is 1. The van der Waals surface area contributed by atoms with E-state index in [9.17, 15) is 8.42 Å². The molecular formula is C15H23BrN2O2S. The van der Waals surface area contributed by atoms with E-state index >= 15 is 0 Å². The monoisotopic (exact) mass is 374 g/mol. The van der Waals surface area contributed by atoms with Gasteiger partial charge in [0.15, 0.2) is 0 Å². The summed E-state index contributed by atoms with van der Waals surface area (Å²) in [6.45, 7) is 4.12. The largest absolute Gasteiger partial charge is 0.313 e. The lowest BCUT2D eigenvalue weighted by Gasteiger charge is -2.30. The normalized spacial score (nSPS) is 19.9. The Morgan fingerprint density at radius 2 is 2.19 bits per heavy atom. The van der Waals surface area contributed by atoms with Crippen molar-refractivity contribution in [3.8, 4) is 0 Å². The van der Waals surface area contributed by atoms with Gasteiger partial charge >= 0.3 is 0 Å². The number of piperidine rings is 1. The fraction of sp³-hybridized carbons (Fsp3) is 0.600. The van der Waals surface area contributed by atoms with Crippen LogP contribution in [0.25, 0.3) is 0 Å². The van der Waals surface area contributed by atoms with Crippen molar-refractivity contribution >= 4 is 26.0 Å². The maximum atomic E-state index is 12.8. The maximum Gasteiger partial charge on any atom is 0.243 e. The van der Waals surface area contributed by atoms with Crippen LogP contribution in [0.5, 0.6) is 0 Å². The molecule has 0 aliphatic carbocycles. The highest BCUT2D eigenvalue weighted by Gasteiger charge is 2.27. The van der Waals surface area contributed by atoms with Gasteiger partial charge in [0.25, 0.3) is 0 Å². The number of nitrogens with one attached hydrogen (secondary N) is 1. The summed E-state index contributed by atoms with van der Waals surface area (Å²) in [5, 5.41) is 3.43. The zero-order valence-corrected chi connectivity index (χ0v) is 14.8. The summed E-state index contributed by atoms with van der Waals surface area (Å²) in [6, 6.07) is 7.21. The van der Waals surface area contributed by atoms with Crippen LogP contribution in [-0.4, -0.2) is 38.4 Å². The molecule has 0 saturated carbocycles. The molecule has 1 heterocycles. The fourth-order valence-corrected chi connectivity index (χ4v) is 4.84. The van der Waals surface area contributed by atoms with Gasteiger partial charge in [-0.15, -0.1) is 0 Å². The quantitative estimate of drug-likeness (QED) is 0.832. The molecule has 2 rings (SSSR count). The minimum atomic E-state index is -3.42. The smallest absolute Gasteiger partial charge is 0.243 e. The Morgan fingerprint density at radius 3 is 2.81 bits per heavy atom. The number of sulfonamides is 1. The third-order valence-electron chi connectivity index (χ3n) is 3.74. The van der Waals surface area contributed by atoms with Gasteiger partial charge in [-0.1, -0.05) is 35.3 Å². The van der Waals surface area contributed by atoms with Gasteiger partial charge in [-0.2, -0.15) is 4.31 Å². The second-order valence-corrected chi connectivity index (χ2v) is 8.32. The molecule has 1 aliphatic heterocycles. The topological polar surface area (TPSA) is 49.4 Å². The molecule has 1 unspecified atom stereocenters. The summed E-state index contributed by atoms with van der Waals surface area (Å²) < 4.78 is 28.1. The molecule has 6 heteroatoms. The summed E-state index contributed by atoms with van der Waals surface area (Å²) in [6.07, 6.45) is 4.23. The van der Waals surface area contributed by atoms with E-state index in [1.54, 1.807) is 22.5 Å². The summed E-state index contributed by atoms with van der Waals surface area (Å²) in [5.74, 6) is 0. The van der Waals surface area contributed by atoms with E-state index < -0.39 is 10.0 Å². The van der Waals surface area contributed by atoms with Crippen LogP contribution in [0.1, 0.15) is 32.6 Å². The molecule has 1 atom stereocenters. The molecule has 118 valence electrons. The second kappa shape index (κ2) is 7.72. The van der Waals surface area contributed by atoms with Gasteiger partial charge in [-0.25, -0.2) is 8.42 Å². The predicted octanol–water partition coefficient (Wildman–Crippen LogP) is 2.99. The molecule has 1 aromatic carbocycles. The summed E-state index contributed by atoms with van der Waals surface area (Å²) in [4.78, 5) is 0.362. The SMILES string of the molecule is CCCN(CC1CCCCN1)S(=O)(=O)c1cccc(Br)c1. The van der Waals surface area contributed by atoms with Crippen LogP contribution in [0.4, 0.5) is 0 Å². The van der Waals surface area contributed by atoms with Gasteiger partial charge in [0.1, 0.15) is 0 Å². The van der Waals surface area contributed by atoms with Crippen LogP contribution in [0, 0.1) is 0 Å². The molecule has 1 aromatic rings. The van der Waals surface area contributed by atoms with Gasteiger partial charge in [0, 0.05) is 23.6 Å². The van der Waals surface area contributed by atoms with Gasteiger partial charge in [-0.05, 0) is 44.0 Å². The Labute approximate surface area is 136 Å². The molecule has 1 N–H and O–H groups in total. The van der Waals surface area contributed by atoms with Crippen molar-refractivity contribution in [2.24, 2.45) is 0 Å². The lowest BCUT2D eigenvalue weighted by Crippen LogP contribution is -2.46. The summed E-state index contributed by atoms with van der Waals surface area (Å²) in [7, 11) is -3.42. The summed E-state index contributed by atoms with van der Waals surface area (Å²) in [5.41, 5.74) is 0. The molecule has 1 aliphatic rings. The third-order valence-corrected chi connectivity index (χ3v) is 6.10. The first-order valence-corrected chi connectivity index (χ1v) is 9.76. The Kier molecular flexibility index (Phi) is 6.22. The average Bonchev–Trinajstić information content (AvgIpc) is 2.48. The van der Waals surface area contributed by atoms with Crippen LogP contribution >= 0.6 is 15.9 Å². The highest BCUT2D eigenvalue weighted by Crippen LogP contribution is 2.21. The minimum Gasteiger partial charge on any atom is -0.313 e. The first-order valence-electron chi connectivity index (χ1n) is 7.53. The number of nitrogens with zero attached hydrogens (tertiary/aromatic N) is 1. The van der Waals surface area contributed by atoms with Crippen molar-refractivity contribution in [3.05, 3.63) is 28.7 Å². The molecule has 21 heavy (non-hydrogen) atoms. The molecule has 0 radical (unpaired) electrons. The average molecular weight is 375 g/mol. The lowest BCUT2D eigenvalue weighted by atomic mass is 10.1. The number of hydrogen-bond donors (Lipinski definition) is 1. The third kappa shape index (κ3) is 4.52. The predicted molar refractivity (Wildman–Crippen MR) is 88.8 cm³/mol. The van der Waals surface area contributed by atoms with Gasteiger partial charge in [0.05, 0.1) is 4.90 Å². The van der Waals surface area contributed by atoms with Crippen molar-refractivity contribution in [2.75, 3.05) is 19.6 Å². The van der Waals surface area contributed by atoms with E-state index in [1.807, 2.05) is 13.0 Å². The van der Waals surface area contributed by atoms with E-state index in [-0.39, 0.29) is 6.04 Å². The fourth-order valence-electron chi connectivity index (χ4n) is 2.66. The van der Waals surface area contributed by atoms with Crippen molar-refractivity contribution in [2.45, 2.75) is 43.5 Å². The Bertz CT molecular complexity index is 557. The standard InChI is InChI=1S/C15H23BrN2O2S/c1-2-10-18(12-14-7-3-4-9-17-14)21(19,20)15-8-5-6-13(16)11-15/h5-6,8,11,14,17H,2-4,7,9-10,12H2,1H3. The number of rotatable bonds is 6. The van der Waals surface area contributed by atoms with E-state index in [2.05, 4.69) is 21.2 Å². The molecule has 1 saturated heterocycles. The van der Waals surface area contributed by atoms with Crippen LogP contribution in [0.2, 0.25) is 0 Å². The van der Waals surface area contributed by atoms with Crippen molar-refractivity contribution in [1.82, 2.24) is 9.62 Å². The zero-order valence-electron chi connectivity index (χ0n) is 12.4. The van der Waals surface area contributed by atoms with Crippen molar-refractivity contribution in [3.63, 3.8) is 0 Å². The Balaban J connectivity index is 2.19. The van der Waals surface area contributed by atoms with Crippen molar-refractivity contribution in [1.29, 1.82) is 0 Å². The van der Waals surface area contributed by atoms with Crippen LogP contribution in [0.15, 0.2) is 33.6 Å². The molecule has 0 bridgehead atoms. The van der Waals surface area contributed by atoms with E-state index in [0.29, 0.717) is 18.0 Å². The van der Waals surface area contributed by atoms with Crippen LogP contribution < -0.4 is 5.32 Å². The minimum absolute atomic E-state index is 0.271. The molecule has 4 nitrogen and oxygen atoms in total. The first kappa shape index (κ1) is 16.9. The number of hydrogen-bond acceptors (Lipinski definition) is 3. The maximum absolute atomic E-state index is 12.8. The summed E-state index contributed by atoms with van der Waals surface area (Å²) >= 11 is 3.35. The van der Waals surface area contributed by atoms with Gasteiger partial charge in [0.2, 0.25) is 10.0 Å². The van der Waals surface area contributed by atoms with Crippen molar-refractivity contribution < 1.29 is 8.42 Å². The molecule has 0 amide bonds. The van der Waals surface area contributed by atoms with E-state index in [0.717, 1.165) is 23.9 Å². The molecular weight excluding hydrogens is 352 g/mol.